The fourth-order valence-electron chi connectivity index (χ4n) is 0.679. The third kappa shape index (κ3) is 1.42. The van der Waals surface area contributed by atoms with E-state index in [1.54, 1.807) is 0 Å². The van der Waals surface area contributed by atoms with Gasteiger partial charge in [0.25, 0.3) is 5.91 Å². The van der Waals surface area contributed by atoms with Gasteiger partial charge < -0.3 is 16.2 Å². The van der Waals surface area contributed by atoms with E-state index in [2.05, 4.69) is 10.2 Å². The summed E-state index contributed by atoms with van der Waals surface area (Å²) < 4.78 is 4.72. The fraction of sp³-hybridized carbons (Fsp3) is 0.167. The Balaban J connectivity index is 3.12. The molecule has 1 aromatic rings. The lowest BCUT2D eigenvalue weighted by Gasteiger charge is -2.00. The molecule has 0 aliphatic rings. The van der Waals surface area contributed by atoms with Crippen molar-refractivity contribution in [2.75, 3.05) is 12.8 Å². The average molecular weight is 168 g/mol. The Morgan fingerprint density at radius 2 is 2.25 bits per heavy atom. The Kier molecular flexibility index (Phi) is 2.09. The topological polar surface area (TPSA) is 104 Å². The molecular weight excluding hydrogens is 160 g/mol. The number of primary amides is 1. The van der Waals surface area contributed by atoms with Gasteiger partial charge in [0.2, 0.25) is 5.88 Å². The molecule has 0 fully saturated rings. The Hall–Kier alpha value is -1.85. The van der Waals surface area contributed by atoms with Gasteiger partial charge in [-0.1, -0.05) is 0 Å². The standard InChI is InChI=1S/C6H8N4O2/c1-12-4-2-3(7)5(6(8)11)10-9-4/h2H,1H3,(H2,7,9)(H2,8,11). The van der Waals surface area contributed by atoms with Gasteiger partial charge in [-0.05, 0) is 0 Å². The number of rotatable bonds is 2. The number of amides is 1. The van der Waals surface area contributed by atoms with E-state index in [9.17, 15) is 4.79 Å². The molecule has 1 heterocycles. The molecule has 4 N–H and O–H groups in total. The third-order valence-corrected chi connectivity index (χ3v) is 1.24. The second-order valence-electron chi connectivity index (χ2n) is 2.05. The molecule has 6 heteroatoms. The molecule has 0 atom stereocenters. The molecule has 1 aromatic heterocycles. The first kappa shape index (κ1) is 8.25. The summed E-state index contributed by atoms with van der Waals surface area (Å²) in [5, 5.41) is 7.00. The van der Waals surface area contributed by atoms with Gasteiger partial charge >= 0.3 is 0 Å². The predicted octanol–water partition coefficient (Wildman–Crippen LogP) is -0.834. The molecule has 0 aromatic carbocycles. The van der Waals surface area contributed by atoms with Crippen LogP contribution in [0.5, 0.6) is 5.88 Å². The van der Waals surface area contributed by atoms with Gasteiger partial charge in [-0.2, -0.15) is 0 Å². The number of carbonyl (C=O) groups excluding carboxylic acids is 1. The van der Waals surface area contributed by atoms with E-state index in [0.717, 1.165) is 0 Å². The summed E-state index contributed by atoms with van der Waals surface area (Å²) >= 11 is 0. The molecule has 0 aliphatic carbocycles. The molecule has 0 bridgehead atoms. The summed E-state index contributed by atoms with van der Waals surface area (Å²) in [7, 11) is 1.42. The summed E-state index contributed by atoms with van der Waals surface area (Å²) in [5.41, 5.74) is 10.5. The lowest BCUT2D eigenvalue weighted by Crippen LogP contribution is -2.16. The van der Waals surface area contributed by atoms with Gasteiger partial charge in [0.05, 0.1) is 12.8 Å². The van der Waals surface area contributed by atoms with Crippen molar-refractivity contribution in [2.24, 2.45) is 5.73 Å². The Labute approximate surface area is 68.5 Å². The second kappa shape index (κ2) is 3.04. The minimum absolute atomic E-state index is 0.0456. The van der Waals surface area contributed by atoms with E-state index in [1.807, 2.05) is 0 Å². The molecule has 12 heavy (non-hydrogen) atoms. The molecule has 0 aliphatic heterocycles. The lowest BCUT2D eigenvalue weighted by molar-refractivity contribution is 0.0995. The highest BCUT2D eigenvalue weighted by molar-refractivity contribution is 5.95. The predicted molar refractivity (Wildman–Crippen MR) is 41.5 cm³/mol. The summed E-state index contributed by atoms with van der Waals surface area (Å²) in [5.74, 6) is -0.458. The molecule has 0 saturated heterocycles. The molecule has 0 spiro atoms. The quantitative estimate of drug-likeness (QED) is 0.599. The minimum atomic E-state index is -0.706. The van der Waals surface area contributed by atoms with Crippen LogP contribution in [-0.4, -0.2) is 23.2 Å². The molecule has 64 valence electrons. The number of hydrogen-bond donors (Lipinski definition) is 2. The number of carbonyl (C=O) groups is 1. The number of hydrogen-bond acceptors (Lipinski definition) is 5. The maximum atomic E-state index is 10.6. The number of nitrogens with two attached hydrogens (primary N) is 2. The SMILES string of the molecule is COc1cc(N)c(C(N)=O)nn1. The van der Waals surface area contributed by atoms with Crippen LogP contribution in [0.1, 0.15) is 10.5 Å². The van der Waals surface area contributed by atoms with Crippen LogP contribution >= 0.6 is 0 Å². The zero-order valence-corrected chi connectivity index (χ0v) is 6.44. The van der Waals surface area contributed by atoms with E-state index >= 15 is 0 Å². The molecule has 0 saturated carbocycles. The highest BCUT2D eigenvalue weighted by Gasteiger charge is 2.08. The smallest absolute Gasteiger partial charge is 0.271 e. The lowest BCUT2D eigenvalue weighted by atomic mass is 10.3. The number of nitrogen functional groups attached to an aromatic ring is 1. The first-order valence-electron chi connectivity index (χ1n) is 3.12. The zero-order chi connectivity index (χ0) is 9.14. The van der Waals surface area contributed by atoms with Crippen LogP contribution in [0, 0.1) is 0 Å². The van der Waals surface area contributed by atoms with Crippen LogP contribution < -0.4 is 16.2 Å². The monoisotopic (exact) mass is 168 g/mol. The third-order valence-electron chi connectivity index (χ3n) is 1.24. The molecule has 1 amide bonds. The zero-order valence-electron chi connectivity index (χ0n) is 6.44. The van der Waals surface area contributed by atoms with Crippen LogP contribution in [-0.2, 0) is 0 Å². The molecule has 6 nitrogen and oxygen atoms in total. The van der Waals surface area contributed by atoms with E-state index < -0.39 is 5.91 Å². The summed E-state index contributed by atoms with van der Waals surface area (Å²) in [6, 6.07) is 1.38. The average Bonchev–Trinajstić information content (AvgIpc) is 2.03. The van der Waals surface area contributed by atoms with Crippen LogP contribution in [0.2, 0.25) is 0 Å². The Morgan fingerprint density at radius 1 is 1.58 bits per heavy atom. The number of methoxy groups -OCH3 is 1. The van der Waals surface area contributed by atoms with E-state index in [4.69, 9.17) is 16.2 Å². The first-order chi connectivity index (χ1) is 5.65. The first-order valence-corrected chi connectivity index (χ1v) is 3.12. The van der Waals surface area contributed by atoms with E-state index in [-0.39, 0.29) is 17.3 Å². The van der Waals surface area contributed by atoms with Gasteiger partial charge in [0, 0.05) is 6.07 Å². The van der Waals surface area contributed by atoms with Crippen LogP contribution in [0.15, 0.2) is 6.07 Å². The Bertz CT molecular complexity index is 312. The largest absolute Gasteiger partial charge is 0.480 e. The van der Waals surface area contributed by atoms with Crippen molar-refractivity contribution in [3.05, 3.63) is 11.8 Å². The number of ether oxygens (including phenoxy) is 1. The van der Waals surface area contributed by atoms with Crippen molar-refractivity contribution < 1.29 is 9.53 Å². The van der Waals surface area contributed by atoms with Gasteiger partial charge in [-0.3, -0.25) is 4.79 Å². The molecule has 0 unspecified atom stereocenters. The number of nitrogens with zero attached hydrogens (tertiary/aromatic N) is 2. The van der Waals surface area contributed by atoms with Crippen molar-refractivity contribution in [3.63, 3.8) is 0 Å². The van der Waals surface area contributed by atoms with Crippen molar-refractivity contribution in [1.29, 1.82) is 0 Å². The molecule has 0 radical (unpaired) electrons. The fourth-order valence-corrected chi connectivity index (χ4v) is 0.679. The van der Waals surface area contributed by atoms with Crippen molar-refractivity contribution >= 4 is 11.6 Å². The van der Waals surface area contributed by atoms with Crippen LogP contribution in [0.25, 0.3) is 0 Å². The highest BCUT2D eigenvalue weighted by atomic mass is 16.5. The van der Waals surface area contributed by atoms with Crippen molar-refractivity contribution in [1.82, 2.24) is 10.2 Å². The van der Waals surface area contributed by atoms with Gasteiger partial charge in [-0.15, -0.1) is 10.2 Å². The number of aromatic nitrogens is 2. The van der Waals surface area contributed by atoms with Crippen molar-refractivity contribution in [2.45, 2.75) is 0 Å². The molecular formula is C6H8N4O2. The summed E-state index contributed by atoms with van der Waals surface area (Å²) in [6.45, 7) is 0. The van der Waals surface area contributed by atoms with Crippen LogP contribution in [0.4, 0.5) is 5.69 Å². The van der Waals surface area contributed by atoms with Gasteiger partial charge in [-0.25, -0.2) is 0 Å². The van der Waals surface area contributed by atoms with Crippen molar-refractivity contribution in [3.8, 4) is 5.88 Å². The second-order valence-corrected chi connectivity index (χ2v) is 2.05. The number of anilines is 1. The maximum absolute atomic E-state index is 10.6. The van der Waals surface area contributed by atoms with E-state index in [0.29, 0.717) is 0 Å². The van der Waals surface area contributed by atoms with E-state index in [1.165, 1.54) is 13.2 Å². The van der Waals surface area contributed by atoms with Crippen LogP contribution in [0.3, 0.4) is 0 Å². The summed E-state index contributed by atoms with van der Waals surface area (Å²) in [6.07, 6.45) is 0. The molecule has 1 rings (SSSR count). The Morgan fingerprint density at radius 3 is 2.67 bits per heavy atom. The highest BCUT2D eigenvalue weighted by Crippen LogP contribution is 2.12. The van der Waals surface area contributed by atoms with Gasteiger partial charge in [0.1, 0.15) is 0 Å². The normalized spacial score (nSPS) is 9.42. The van der Waals surface area contributed by atoms with Gasteiger partial charge in [0.15, 0.2) is 5.69 Å². The maximum Gasteiger partial charge on any atom is 0.271 e. The minimum Gasteiger partial charge on any atom is -0.480 e. The summed E-state index contributed by atoms with van der Waals surface area (Å²) in [4.78, 5) is 10.6.